The van der Waals surface area contributed by atoms with Crippen LogP contribution in [0, 0.1) is 6.92 Å². The molecule has 0 aliphatic rings. The van der Waals surface area contributed by atoms with Crippen molar-refractivity contribution in [2.24, 2.45) is 0 Å². The lowest BCUT2D eigenvalue weighted by Crippen LogP contribution is -2.09. The average molecular weight is 185 g/mol. The van der Waals surface area contributed by atoms with Crippen LogP contribution in [0.2, 0.25) is 0 Å². The van der Waals surface area contributed by atoms with Gasteiger partial charge in [-0.3, -0.25) is 0 Å². The first kappa shape index (κ1) is 9.76. The minimum absolute atomic E-state index is 0.188. The summed E-state index contributed by atoms with van der Waals surface area (Å²) in [5, 5.41) is 8.69. The van der Waals surface area contributed by atoms with Crippen LogP contribution in [0.1, 0.15) is 21.9 Å². The first-order chi connectivity index (χ1) is 6.15. The van der Waals surface area contributed by atoms with Crippen molar-refractivity contribution >= 4 is 5.97 Å². The molecule has 1 heterocycles. The molecule has 1 rings (SSSR count). The van der Waals surface area contributed by atoms with E-state index in [1.54, 1.807) is 6.92 Å². The number of rotatable bonds is 4. The van der Waals surface area contributed by atoms with E-state index in [0.717, 1.165) is 0 Å². The Hall–Kier alpha value is -1.33. The Balaban J connectivity index is 2.76. The van der Waals surface area contributed by atoms with Gasteiger partial charge in [0.05, 0.1) is 13.7 Å². The normalized spacial score (nSPS) is 10.3. The van der Waals surface area contributed by atoms with Crippen LogP contribution in [0.5, 0.6) is 0 Å². The van der Waals surface area contributed by atoms with E-state index in [0.29, 0.717) is 18.1 Å². The first-order valence-electron chi connectivity index (χ1n) is 3.73. The van der Waals surface area contributed by atoms with Gasteiger partial charge in [-0.05, 0) is 13.0 Å². The number of aryl methyl sites for hydroxylation is 1. The number of nitrogens with one attached hydrogen (secondary N) is 1. The Morgan fingerprint density at radius 2 is 2.46 bits per heavy atom. The van der Waals surface area contributed by atoms with E-state index in [9.17, 15) is 4.79 Å². The molecular weight excluding hydrogens is 174 g/mol. The second kappa shape index (κ2) is 4.06. The highest BCUT2D eigenvalue weighted by Gasteiger charge is 2.12. The highest BCUT2D eigenvalue weighted by atomic mass is 16.6. The molecule has 0 saturated heterocycles. The Morgan fingerprint density at radius 3 is 2.92 bits per heavy atom. The molecule has 2 N–H and O–H groups in total. The van der Waals surface area contributed by atoms with Crippen molar-refractivity contribution in [3.8, 4) is 0 Å². The van der Waals surface area contributed by atoms with E-state index < -0.39 is 5.97 Å². The molecule has 0 amide bonds. The summed E-state index contributed by atoms with van der Waals surface area (Å²) in [6.07, 6.45) is 0. The van der Waals surface area contributed by atoms with Crippen molar-refractivity contribution in [1.29, 1.82) is 0 Å². The van der Waals surface area contributed by atoms with Crippen LogP contribution in [-0.4, -0.2) is 18.2 Å². The van der Waals surface area contributed by atoms with Crippen LogP contribution in [0.3, 0.4) is 0 Å². The highest BCUT2D eigenvalue weighted by Crippen LogP contribution is 2.14. The zero-order chi connectivity index (χ0) is 9.84. The minimum Gasteiger partial charge on any atom is -0.478 e. The van der Waals surface area contributed by atoms with Crippen molar-refractivity contribution in [2.75, 3.05) is 7.11 Å². The summed E-state index contributed by atoms with van der Waals surface area (Å²) in [6, 6.07) is 1.48. The van der Waals surface area contributed by atoms with Gasteiger partial charge in [-0.1, -0.05) is 0 Å². The van der Waals surface area contributed by atoms with Crippen LogP contribution in [0.25, 0.3) is 0 Å². The van der Waals surface area contributed by atoms with Gasteiger partial charge in [0, 0.05) is 0 Å². The largest absolute Gasteiger partial charge is 0.478 e. The molecule has 0 saturated carbocycles. The Bertz CT molecular complexity index is 305. The van der Waals surface area contributed by atoms with Gasteiger partial charge in [0.25, 0.3) is 0 Å². The summed E-state index contributed by atoms with van der Waals surface area (Å²) < 4.78 is 5.15. The zero-order valence-corrected chi connectivity index (χ0v) is 7.46. The number of carboxylic acid groups (broad SMARTS) is 1. The van der Waals surface area contributed by atoms with Crippen LogP contribution in [-0.2, 0) is 11.4 Å². The summed E-state index contributed by atoms with van der Waals surface area (Å²) in [4.78, 5) is 15.2. The summed E-state index contributed by atoms with van der Waals surface area (Å²) >= 11 is 0. The quantitative estimate of drug-likeness (QED) is 0.683. The van der Waals surface area contributed by atoms with Gasteiger partial charge < -0.3 is 14.4 Å². The monoisotopic (exact) mass is 185 g/mol. The third-order valence-electron chi connectivity index (χ3n) is 1.59. The average Bonchev–Trinajstić information content (AvgIpc) is 2.43. The van der Waals surface area contributed by atoms with Gasteiger partial charge in [0.1, 0.15) is 17.1 Å². The number of carbonyl (C=O) groups is 1. The van der Waals surface area contributed by atoms with E-state index >= 15 is 0 Å². The molecule has 0 atom stereocenters. The first-order valence-corrected chi connectivity index (χ1v) is 3.73. The van der Waals surface area contributed by atoms with Gasteiger partial charge >= 0.3 is 5.97 Å². The van der Waals surface area contributed by atoms with Crippen molar-refractivity contribution in [3.05, 3.63) is 23.2 Å². The van der Waals surface area contributed by atoms with Crippen LogP contribution < -0.4 is 5.48 Å². The summed E-state index contributed by atoms with van der Waals surface area (Å²) in [5.41, 5.74) is 2.75. The molecule has 0 radical (unpaired) electrons. The van der Waals surface area contributed by atoms with E-state index in [4.69, 9.17) is 9.52 Å². The molecule has 0 fully saturated rings. The van der Waals surface area contributed by atoms with Crippen molar-refractivity contribution in [2.45, 2.75) is 13.5 Å². The van der Waals surface area contributed by atoms with Crippen molar-refractivity contribution < 1.29 is 19.2 Å². The minimum atomic E-state index is -0.982. The number of furan rings is 1. The van der Waals surface area contributed by atoms with Crippen LogP contribution >= 0.6 is 0 Å². The van der Waals surface area contributed by atoms with E-state index in [-0.39, 0.29) is 5.56 Å². The lowest BCUT2D eigenvalue weighted by Gasteiger charge is -1.95. The molecule has 72 valence electrons. The van der Waals surface area contributed by atoms with Gasteiger partial charge in [-0.2, -0.15) is 5.48 Å². The molecular formula is C8H11NO4. The standard InChI is InChI=1S/C8H11NO4/c1-5-7(8(10)11)3-6(13-5)4-9-12-2/h3,9H,4H2,1-2H3,(H,10,11). The Kier molecular flexibility index (Phi) is 3.05. The predicted molar refractivity (Wildman–Crippen MR) is 44.3 cm³/mol. The molecule has 0 aromatic carbocycles. The molecule has 5 heteroatoms. The summed E-state index contributed by atoms with van der Waals surface area (Å²) in [5.74, 6) is -0.0398. The number of hydroxylamine groups is 1. The smallest absolute Gasteiger partial charge is 0.339 e. The molecule has 0 spiro atoms. The van der Waals surface area contributed by atoms with E-state index in [1.165, 1.54) is 13.2 Å². The molecule has 0 unspecified atom stereocenters. The summed E-state index contributed by atoms with van der Waals surface area (Å²) in [7, 11) is 1.48. The maximum absolute atomic E-state index is 10.6. The maximum atomic E-state index is 10.6. The number of hydrogen-bond acceptors (Lipinski definition) is 4. The Morgan fingerprint density at radius 1 is 1.77 bits per heavy atom. The lowest BCUT2D eigenvalue weighted by atomic mass is 10.2. The second-order valence-corrected chi connectivity index (χ2v) is 2.51. The lowest BCUT2D eigenvalue weighted by molar-refractivity contribution is 0.0695. The van der Waals surface area contributed by atoms with E-state index in [1.807, 2.05) is 0 Å². The fraction of sp³-hybridized carbons (Fsp3) is 0.375. The number of hydrogen-bond donors (Lipinski definition) is 2. The fourth-order valence-corrected chi connectivity index (χ4v) is 0.986. The third kappa shape index (κ3) is 2.30. The molecule has 0 aliphatic carbocycles. The SMILES string of the molecule is CONCc1cc(C(=O)O)c(C)o1. The molecule has 1 aromatic rings. The van der Waals surface area contributed by atoms with E-state index in [2.05, 4.69) is 10.3 Å². The fourth-order valence-electron chi connectivity index (χ4n) is 0.986. The third-order valence-corrected chi connectivity index (χ3v) is 1.59. The predicted octanol–water partition coefficient (Wildman–Crippen LogP) is 0.937. The topological polar surface area (TPSA) is 71.7 Å². The van der Waals surface area contributed by atoms with Crippen LogP contribution in [0.4, 0.5) is 0 Å². The maximum Gasteiger partial charge on any atom is 0.339 e. The molecule has 13 heavy (non-hydrogen) atoms. The number of carboxylic acids is 1. The zero-order valence-electron chi connectivity index (χ0n) is 7.46. The van der Waals surface area contributed by atoms with Crippen LogP contribution in [0.15, 0.2) is 10.5 Å². The molecule has 1 aromatic heterocycles. The second-order valence-electron chi connectivity index (χ2n) is 2.51. The molecule has 0 aliphatic heterocycles. The molecule has 5 nitrogen and oxygen atoms in total. The highest BCUT2D eigenvalue weighted by molar-refractivity contribution is 5.88. The van der Waals surface area contributed by atoms with Gasteiger partial charge in [0.2, 0.25) is 0 Å². The Labute approximate surface area is 75.3 Å². The summed E-state index contributed by atoms with van der Waals surface area (Å²) in [6.45, 7) is 1.96. The van der Waals surface area contributed by atoms with Gasteiger partial charge in [0.15, 0.2) is 0 Å². The van der Waals surface area contributed by atoms with Crippen molar-refractivity contribution in [3.63, 3.8) is 0 Å². The number of aromatic carboxylic acids is 1. The van der Waals surface area contributed by atoms with Gasteiger partial charge in [-0.25, -0.2) is 4.79 Å². The molecule has 0 bridgehead atoms. The van der Waals surface area contributed by atoms with Crippen molar-refractivity contribution in [1.82, 2.24) is 5.48 Å². The van der Waals surface area contributed by atoms with Gasteiger partial charge in [-0.15, -0.1) is 0 Å².